The van der Waals surface area contributed by atoms with E-state index in [0.717, 1.165) is 41.1 Å². The number of hydrogen-bond acceptors (Lipinski definition) is 5. The number of amides is 1. The zero-order valence-corrected chi connectivity index (χ0v) is 16.9. The number of aromatic nitrogens is 2. The van der Waals surface area contributed by atoms with Crippen LogP contribution in [0.5, 0.6) is 5.75 Å². The van der Waals surface area contributed by atoms with E-state index in [9.17, 15) is 4.79 Å². The molecule has 3 aromatic rings. The Balaban J connectivity index is 1.54. The molecule has 6 nitrogen and oxygen atoms in total. The van der Waals surface area contributed by atoms with Gasteiger partial charge < -0.3 is 15.0 Å². The lowest BCUT2D eigenvalue weighted by atomic mass is 10.1. The summed E-state index contributed by atoms with van der Waals surface area (Å²) in [5.41, 5.74) is 2.51. The fourth-order valence-electron chi connectivity index (χ4n) is 3.75. The Hall–Kier alpha value is -3.15. The van der Waals surface area contributed by atoms with Crippen molar-refractivity contribution in [3.05, 3.63) is 59.9 Å². The van der Waals surface area contributed by atoms with Crippen LogP contribution in [0.3, 0.4) is 0 Å². The van der Waals surface area contributed by atoms with E-state index >= 15 is 0 Å². The zero-order chi connectivity index (χ0) is 20.2. The quantitative estimate of drug-likeness (QED) is 0.686. The number of ether oxygens (including phenoxy) is 1. The van der Waals surface area contributed by atoms with Gasteiger partial charge in [0.2, 0.25) is 0 Å². The van der Waals surface area contributed by atoms with Crippen molar-refractivity contribution in [2.75, 3.05) is 24.6 Å². The number of nitrogens with one attached hydrogen (secondary N) is 1. The van der Waals surface area contributed by atoms with Crippen molar-refractivity contribution >= 4 is 22.6 Å². The number of nitrogens with zero attached hydrogens (tertiary/aromatic N) is 3. The van der Waals surface area contributed by atoms with Crippen LogP contribution in [0, 0.1) is 0 Å². The van der Waals surface area contributed by atoms with E-state index < -0.39 is 0 Å². The molecular weight excluding hydrogens is 364 g/mol. The van der Waals surface area contributed by atoms with Crippen LogP contribution in [0.1, 0.15) is 48.7 Å². The SMILES string of the molecule is CCOc1ccc(C(C)NC(=O)c2ccc3ncnc(N4CCCC4)c3c2)cc1. The normalized spacial score (nSPS) is 14.8. The van der Waals surface area contributed by atoms with Gasteiger partial charge in [-0.2, -0.15) is 0 Å². The molecule has 1 fully saturated rings. The van der Waals surface area contributed by atoms with Crippen LogP contribution >= 0.6 is 0 Å². The van der Waals surface area contributed by atoms with E-state index in [1.54, 1.807) is 6.33 Å². The lowest BCUT2D eigenvalue weighted by Gasteiger charge is -2.19. The molecule has 0 spiro atoms. The van der Waals surface area contributed by atoms with Gasteiger partial charge in [0.15, 0.2) is 0 Å². The smallest absolute Gasteiger partial charge is 0.251 e. The fourth-order valence-corrected chi connectivity index (χ4v) is 3.75. The van der Waals surface area contributed by atoms with Crippen LogP contribution in [-0.4, -0.2) is 35.6 Å². The summed E-state index contributed by atoms with van der Waals surface area (Å²) in [4.78, 5) is 24.0. The molecule has 1 aromatic heterocycles. The van der Waals surface area contributed by atoms with Crippen molar-refractivity contribution in [1.29, 1.82) is 0 Å². The number of carbonyl (C=O) groups is 1. The second kappa shape index (κ2) is 8.47. The van der Waals surface area contributed by atoms with Gasteiger partial charge in [-0.15, -0.1) is 0 Å². The molecule has 2 aromatic carbocycles. The Labute approximate surface area is 170 Å². The van der Waals surface area contributed by atoms with Gasteiger partial charge in [-0.05, 0) is 62.6 Å². The third kappa shape index (κ3) is 4.16. The van der Waals surface area contributed by atoms with Gasteiger partial charge in [-0.3, -0.25) is 4.79 Å². The third-order valence-corrected chi connectivity index (χ3v) is 5.32. The van der Waals surface area contributed by atoms with Crippen molar-refractivity contribution in [2.24, 2.45) is 0 Å². The molecule has 2 heterocycles. The largest absolute Gasteiger partial charge is 0.494 e. The molecule has 6 heteroatoms. The topological polar surface area (TPSA) is 67.3 Å². The summed E-state index contributed by atoms with van der Waals surface area (Å²) < 4.78 is 5.48. The molecule has 1 atom stereocenters. The average molecular weight is 390 g/mol. The number of benzene rings is 2. The Morgan fingerprint density at radius 1 is 1.14 bits per heavy atom. The van der Waals surface area contributed by atoms with Crippen LogP contribution in [0.15, 0.2) is 48.8 Å². The van der Waals surface area contributed by atoms with Gasteiger partial charge in [0.1, 0.15) is 17.9 Å². The predicted molar refractivity (Wildman–Crippen MR) is 114 cm³/mol. The summed E-state index contributed by atoms with van der Waals surface area (Å²) in [6.45, 7) is 6.57. The molecule has 1 saturated heterocycles. The lowest BCUT2D eigenvalue weighted by molar-refractivity contribution is 0.0940. The number of rotatable bonds is 6. The van der Waals surface area contributed by atoms with Gasteiger partial charge in [0.25, 0.3) is 5.91 Å². The van der Waals surface area contributed by atoms with Crippen LogP contribution in [0.2, 0.25) is 0 Å². The highest BCUT2D eigenvalue weighted by atomic mass is 16.5. The summed E-state index contributed by atoms with van der Waals surface area (Å²) in [5, 5.41) is 4.01. The van der Waals surface area contributed by atoms with E-state index in [0.29, 0.717) is 12.2 Å². The second-order valence-corrected chi connectivity index (χ2v) is 7.32. The predicted octanol–water partition coefficient (Wildman–Crippen LogP) is 4.12. The highest BCUT2D eigenvalue weighted by Crippen LogP contribution is 2.27. The van der Waals surface area contributed by atoms with Gasteiger partial charge in [-0.1, -0.05) is 12.1 Å². The van der Waals surface area contributed by atoms with Gasteiger partial charge in [0.05, 0.1) is 18.2 Å². The maximum Gasteiger partial charge on any atom is 0.251 e. The van der Waals surface area contributed by atoms with Gasteiger partial charge in [0, 0.05) is 24.0 Å². The second-order valence-electron chi connectivity index (χ2n) is 7.32. The van der Waals surface area contributed by atoms with E-state index in [1.807, 2.05) is 56.3 Å². The number of carbonyl (C=O) groups excluding carboxylic acids is 1. The number of hydrogen-bond donors (Lipinski definition) is 1. The van der Waals surface area contributed by atoms with Crippen molar-refractivity contribution in [3.63, 3.8) is 0 Å². The van der Waals surface area contributed by atoms with Gasteiger partial charge >= 0.3 is 0 Å². The first-order chi connectivity index (χ1) is 14.2. The Morgan fingerprint density at radius 3 is 2.62 bits per heavy atom. The molecule has 150 valence electrons. The monoisotopic (exact) mass is 390 g/mol. The van der Waals surface area contributed by atoms with E-state index in [1.165, 1.54) is 12.8 Å². The molecular formula is C23H26N4O2. The molecule has 29 heavy (non-hydrogen) atoms. The van der Waals surface area contributed by atoms with Crippen molar-refractivity contribution in [2.45, 2.75) is 32.7 Å². The highest BCUT2D eigenvalue weighted by molar-refractivity contribution is 6.00. The minimum atomic E-state index is -0.112. The first-order valence-electron chi connectivity index (χ1n) is 10.2. The van der Waals surface area contributed by atoms with Crippen LogP contribution in [-0.2, 0) is 0 Å². The Bertz CT molecular complexity index is 997. The summed E-state index contributed by atoms with van der Waals surface area (Å²) >= 11 is 0. The highest BCUT2D eigenvalue weighted by Gasteiger charge is 2.18. The first kappa shape index (κ1) is 19.2. The van der Waals surface area contributed by atoms with Crippen molar-refractivity contribution in [3.8, 4) is 5.75 Å². The number of fused-ring (bicyclic) bond motifs is 1. The van der Waals surface area contributed by atoms with E-state index in [-0.39, 0.29) is 11.9 Å². The molecule has 0 aliphatic carbocycles. The summed E-state index contributed by atoms with van der Waals surface area (Å²) in [6, 6.07) is 13.3. The maximum atomic E-state index is 12.9. The van der Waals surface area contributed by atoms with Crippen LogP contribution in [0.25, 0.3) is 10.9 Å². The third-order valence-electron chi connectivity index (χ3n) is 5.32. The van der Waals surface area contributed by atoms with E-state index in [4.69, 9.17) is 4.74 Å². The summed E-state index contributed by atoms with van der Waals surface area (Å²) in [5.74, 6) is 1.64. The minimum absolute atomic E-state index is 0.107. The van der Waals surface area contributed by atoms with Gasteiger partial charge in [-0.25, -0.2) is 9.97 Å². The molecule has 4 rings (SSSR count). The Kier molecular flexibility index (Phi) is 5.60. The molecule has 1 unspecified atom stereocenters. The molecule has 0 saturated carbocycles. The molecule has 1 N–H and O–H groups in total. The summed E-state index contributed by atoms with van der Waals surface area (Å²) in [7, 11) is 0. The Morgan fingerprint density at radius 2 is 1.90 bits per heavy atom. The van der Waals surface area contributed by atoms with Crippen LogP contribution < -0.4 is 15.0 Å². The minimum Gasteiger partial charge on any atom is -0.494 e. The zero-order valence-electron chi connectivity index (χ0n) is 16.9. The molecule has 0 bridgehead atoms. The maximum absolute atomic E-state index is 12.9. The van der Waals surface area contributed by atoms with Crippen molar-refractivity contribution in [1.82, 2.24) is 15.3 Å². The lowest BCUT2D eigenvalue weighted by Crippen LogP contribution is -2.26. The fraction of sp³-hybridized carbons (Fsp3) is 0.348. The van der Waals surface area contributed by atoms with Crippen LogP contribution in [0.4, 0.5) is 5.82 Å². The van der Waals surface area contributed by atoms with E-state index in [2.05, 4.69) is 20.2 Å². The number of anilines is 1. The standard InChI is InChI=1S/C23H26N4O2/c1-3-29-19-9-6-17(7-10-19)16(2)26-23(28)18-8-11-21-20(14-18)22(25-15-24-21)27-12-4-5-13-27/h6-11,14-16H,3-5,12-13H2,1-2H3,(H,26,28). The average Bonchev–Trinajstić information content (AvgIpc) is 3.28. The molecule has 1 aliphatic heterocycles. The molecule has 1 aliphatic rings. The summed E-state index contributed by atoms with van der Waals surface area (Å²) in [6.07, 6.45) is 3.94. The first-order valence-corrected chi connectivity index (χ1v) is 10.2. The van der Waals surface area contributed by atoms with Crippen molar-refractivity contribution < 1.29 is 9.53 Å². The molecule has 0 radical (unpaired) electrons. The molecule has 1 amide bonds.